The number of rotatable bonds is 6. The van der Waals surface area contributed by atoms with E-state index >= 15 is 0 Å². The molecule has 0 aromatic heterocycles. The van der Waals surface area contributed by atoms with Crippen molar-refractivity contribution in [3.05, 3.63) is 69.7 Å². The van der Waals surface area contributed by atoms with Gasteiger partial charge in [0.25, 0.3) is 0 Å². The van der Waals surface area contributed by atoms with Crippen molar-refractivity contribution in [2.45, 2.75) is 12.2 Å². The van der Waals surface area contributed by atoms with Crippen molar-refractivity contribution < 1.29 is 24.5 Å². The van der Waals surface area contributed by atoms with E-state index in [1.165, 1.54) is 0 Å². The summed E-state index contributed by atoms with van der Waals surface area (Å²) in [6.45, 7) is -0.927. The quantitative estimate of drug-likeness (QED) is 0.753. The van der Waals surface area contributed by atoms with Crippen molar-refractivity contribution in [3.63, 3.8) is 0 Å². The number of carbonyl (C=O) groups is 1. The first kappa shape index (κ1) is 18.5. The van der Waals surface area contributed by atoms with Crippen LogP contribution in [0.3, 0.4) is 0 Å². The van der Waals surface area contributed by atoms with Gasteiger partial charge in [-0.05, 0) is 12.1 Å². The zero-order chi connectivity index (χ0) is 17.5. The standard InChI is InChI=1S/C17H16Cl2O5/c18-13-7-3-1-5-11(13)15(9-20)23-17(22)24-16(10-21)12-6-2-4-8-14(12)19/h1-8,15-16,20-21H,9-10H2/t15-,16-/m0/s1. The Labute approximate surface area is 149 Å². The van der Waals surface area contributed by atoms with Crippen LogP contribution >= 0.6 is 23.2 Å². The van der Waals surface area contributed by atoms with E-state index < -0.39 is 31.6 Å². The normalized spacial score (nSPS) is 13.2. The molecule has 0 aliphatic heterocycles. The molecule has 24 heavy (non-hydrogen) atoms. The van der Waals surface area contributed by atoms with Gasteiger partial charge in [0.1, 0.15) is 0 Å². The number of hydrogen-bond acceptors (Lipinski definition) is 5. The van der Waals surface area contributed by atoms with E-state index in [0.29, 0.717) is 21.2 Å². The van der Waals surface area contributed by atoms with Crippen molar-refractivity contribution >= 4 is 29.4 Å². The number of ether oxygens (including phenoxy) is 2. The van der Waals surface area contributed by atoms with E-state index in [9.17, 15) is 15.0 Å². The summed E-state index contributed by atoms with van der Waals surface area (Å²) < 4.78 is 10.2. The molecule has 0 radical (unpaired) electrons. The smallest absolute Gasteiger partial charge is 0.424 e. The monoisotopic (exact) mass is 370 g/mol. The number of aliphatic hydroxyl groups excluding tert-OH is 2. The van der Waals surface area contributed by atoms with Crippen molar-refractivity contribution in [2.24, 2.45) is 0 Å². The minimum absolute atomic E-state index is 0.356. The molecule has 5 nitrogen and oxygen atoms in total. The molecule has 2 aromatic carbocycles. The minimum atomic E-state index is -1.05. The lowest BCUT2D eigenvalue weighted by Crippen LogP contribution is -2.20. The van der Waals surface area contributed by atoms with Crippen LogP contribution in [0.25, 0.3) is 0 Å². The van der Waals surface area contributed by atoms with Gasteiger partial charge in [-0.1, -0.05) is 59.6 Å². The summed E-state index contributed by atoms with van der Waals surface area (Å²) in [6.07, 6.45) is -3.00. The number of benzene rings is 2. The van der Waals surface area contributed by atoms with Crippen LogP contribution in [0, 0.1) is 0 Å². The zero-order valence-corrected chi connectivity index (χ0v) is 14.1. The lowest BCUT2D eigenvalue weighted by Gasteiger charge is -2.20. The summed E-state index contributed by atoms with van der Waals surface area (Å²) in [4.78, 5) is 12.0. The Hall–Kier alpha value is -1.79. The highest BCUT2D eigenvalue weighted by Gasteiger charge is 2.23. The molecule has 2 atom stereocenters. The Bertz CT molecular complexity index is 635. The van der Waals surface area contributed by atoms with Crippen LogP contribution in [-0.4, -0.2) is 29.6 Å². The highest BCUT2D eigenvalue weighted by molar-refractivity contribution is 6.31. The van der Waals surface area contributed by atoms with Gasteiger partial charge in [0, 0.05) is 21.2 Å². The third kappa shape index (κ3) is 4.61. The maximum absolute atomic E-state index is 12.0. The van der Waals surface area contributed by atoms with Gasteiger partial charge >= 0.3 is 6.16 Å². The second-order valence-corrected chi connectivity index (χ2v) is 5.69. The molecule has 0 aliphatic rings. The first-order valence-electron chi connectivity index (χ1n) is 7.14. The highest BCUT2D eigenvalue weighted by atomic mass is 35.5. The fourth-order valence-corrected chi connectivity index (χ4v) is 2.65. The molecule has 2 N–H and O–H groups in total. The van der Waals surface area contributed by atoms with Gasteiger partial charge in [0.05, 0.1) is 13.2 Å². The Morgan fingerprint density at radius 2 is 1.21 bits per heavy atom. The van der Waals surface area contributed by atoms with E-state index in [-0.39, 0.29) is 0 Å². The minimum Gasteiger partial charge on any atom is -0.424 e. The highest BCUT2D eigenvalue weighted by Crippen LogP contribution is 2.28. The molecule has 0 heterocycles. The lowest BCUT2D eigenvalue weighted by atomic mass is 10.1. The summed E-state index contributed by atoms with van der Waals surface area (Å²) in [7, 11) is 0. The van der Waals surface area contributed by atoms with Crippen molar-refractivity contribution in [1.29, 1.82) is 0 Å². The van der Waals surface area contributed by atoms with Crippen LogP contribution in [-0.2, 0) is 9.47 Å². The Balaban J connectivity index is 2.08. The van der Waals surface area contributed by atoms with E-state index in [1.54, 1.807) is 48.5 Å². The second kappa shape index (κ2) is 8.89. The van der Waals surface area contributed by atoms with Crippen LogP contribution in [0.4, 0.5) is 4.79 Å². The summed E-state index contributed by atoms with van der Waals surface area (Å²) in [6, 6.07) is 13.4. The molecule has 0 saturated carbocycles. The van der Waals surface area contributed by atoms with Crippen LogP contribution < -0.4 is 0 Å². The van der Waals surface area contributed by atoms with Gasteiger partial charge in [-0.2, -0.15) is 0 Å². The second-order valence-electron chi connectivity index (χ2n) is 4.87. The molecule has 0 aliphatic carbocycles. The van der Waals surface area contributed by atoms with Crippen molar-refractivity contribution in [2.75, 3.05) is 13.2 Å². The fourth-order valence-electron chi connectivity index (χ4n) is 2.13. The van der Waals surface area contributed by atoms with Crippen molar-refractivity contribution in [3.8, 4) is 0 Å². The molecule has 0 bridgehead atoms. The molecule has 0 unspecified atom stereocenters. The molecular weight excluding hydrogens is 355 g/mol. The van der Waals surface area contributed by atoms with Crippen LogP contribution in [0.1, 0.15) is 23.3 Å². The third-order valence-corrected chi connectivity index (χ3v) is 4.00. The van der Waals surface area contributed by atoms with Crippen molar-refractivity contribution in [1.82, 2.24) is 0 Å². The topological polar surface area (TPSA) is 76.0 Å². The molecule has 0 spiro atoms. The van der Waals surface area contributed by atoms with Gasteiger partial charge in [-0.15, -0.1) is 0 Å². The number of hydrogen-bond donors (Lipinski definition) is 2. The van der Waals surface area contributed by atoms with Gasteiger partial charge in [-0.3, -0.25) is 0 Å². The molecule has 0 fully saturated rings. The van der Waals surface area contributed by atoms with Gasteiger partial charge in [0.2, 0.25) is 0 Å². The summed E-state index contributed by atoms with van der Waals surface area (Å²) in [5.74, 6) is 0. The van der Waals surface area contributed by atoms with Gasteiger partial charge in [0.15, 0.2) is 12.2 Å². The molecule has 0 saturated heterocycles. The van der Waals surface area contributed by atoms with E-state index in [1.807, 2.05) is 0 Å². The molecule has 7 heteroatoms. The Kier molecular flexibility index (Phi) is 6.87. The van der Waals surface area contributed by atoms with Crippen LogP contribution in [0.15, 0.2) is 48.5 Å². The molecule has 2 aromatic rings. The van der Waals surface area contributed by atoms with E-state index in [4.69, 9.17) is 32.7 Å². The fraction of sp³-hybridized carbons (Fsp3) is 0.235. The molecule has 128 valence electrons. The Morgan fingerprint density at radius 3 is 1.54 bits per heavy atom. The van der Waals surface area contributed by atoms with Crippen LogP contribution in [0.2, 0.25) is 10.0 Å². The number of halogens is 2. The summed E-state index contributed by atoms with van der Waals surface area (Å²) in [5.41, 5.74) is 0.911. The number of aliphatic hydroxyl groups is 2. The average Bonchev–Trinajstić information content (AvgIpc) is 2.59. The van der Waals surface area contributed by atoms with Gasteiger partial charge in [-0.25, -0.2) is 4.79 Å². The number of carbonyl (C=O) groups excluding carboxylic acids is 1. The largest absolute Gasteiger partial charge is 0.509 e. The first-order chi connectivity index (χ1) is 11.6. The SMILES string of the molecule is O=C(O[C@@H](CO)c1ccccc1Cl)O[C@@H](CO)c1ccccc1Cl. The van der Waals surface area contributed by atoms with Crippen LogP contribution in [0.5, 0.6) is 0 Å². The summed E-state index contributed by atoms with van der Waals surface area (Å²) >= 11 is 12.1. The van der Waals surface area contributed by atoms with E-state index in [2.05, 4.69) is 0 Å². The Morgan fingerprint density at radius 1 is 0.833 bits per heavy atom. The molecular formula is C17H16Cl2O5. The van der Waals surface area contributed by atoms with E-state index in [0.717, 1.165) is 0 Å². The third-order valence-electron chi connectivity index (χ3n) is 3.31. The lowest BCUT2D eigenvalue weighted by molar-refractivity contribution is -0.0307. The maximum Gasteiger partial charge on any atom is 0.509 e. The first-order valence-corrected chi connectivity index (χ1v) is 7.90. The zero-order valence-electron chi connectivity index (χ0n) is 12.6. The van der Waals surface area contributed by atoms with Gasteiger partial charge < -0.3 is 19.7 Å². The summed E-state index contributed by atoms with van der Waals surface area (Å²) in [5, 5.41) is 19.6. The molecule has 2 rings (SSSR count). The predicted molar refractivity (Wildman–Crippen MR) is 90.1 cm³/mol. The maximum atomic E-state index is 12.0. The molecule has 0 amide bonds. The predicted octanol–water partition coefficient (Wildman–Crippen LogP) is 3.91. The average molecular weight is 371 g/mol.